The number of hydrogen-bond donors (Lipinski definition) is 2. The van der Waals surface area contributed by atoms with Crippen molar-refractivity contribution in [3.05, 3.63) is 35.1 Å². The molecule has 0 aliphatic carbocycles. The number of nitrogens with one attached hydrogen (secondary N) is 1. The Morgan fingerprint density at radius 3 is 2.41 bits per heavy atom. The highest BCUT2D eigenvalue weighted by Crippen LogP contribution is 2.23. The van der Waals surface area contributed by atoms with Gasteiger partial charge in [0.05, 0.1) is 12.3 Å². The van der Waals surface area contributed by atoms with Gasteiger partial charge in [0.1, 0.15) is 5.82 Å². The van der Waals surface area contributed by atoms with Crippen molar-refractivity contribution in [2.24, 2.45) is 0 Å². The minimum absolute atomic E-state index is 0.137. The maximum absolute atomic E-state index is 9.03. The normalized spacial score (nSPS) is 10.6. The summed E-state index contributed by atoms with van der Waals surface area (Å²) in [7, 11) is 3.98. The van der Waals surface area contributed by atoms with Crippen LogP contribution in [0.15, 0.2) is 24.3 Å². The number of halogens is 1. The Labute approximate surface area is 105 Å². The highest BCUT2D eigenvalue weighted by Gasteiger charge is 2.08. The van der Waals surface area contributed by atoms with Crippen LogP contribution in [0.2, 0.25) is 5.15 Å². The standard InChI is InChI=1S/C12H14ClN3O/c1-16(2)9-5-3-8(4-6-9)12-14-10(7-17)11(13)15-12/h3-6,17H,7H2,1-2H3,(H,14,15). The van der Waals surface area contributed by atoms with Gasteiger partial charge < -0.3 is 15.0 Å². The predicted molar refractivity (Wildman–Crippen MR) is 69.3 cm³/mol. The van der Waals surface area contributed by atoms with Crippen LogP contribution in [0.4, 0.5) is 5.69 Å². The molecule has 0 bridgehead atoms. The summed E-state index contributed by atoms with van der Waals surface area (Å²) in [4.78, 5) is 9.18. The first kappa shape index (κ1) is 12.0. The van der Waals surface area contributed by atoms with Crippen LogP contribution in [0.3, 0.4) is 0 Å². The van der Waals surface area contributed by atoms with Crippen molar-refractivity contribution in [2.75, 3.05) is 19.0 Å². The van der Waals surface area contributed by atoms with Crippen molar-refractivity contribution in [1.29, 1.82) is 0 Å². The van der Waals surface area contributed by atoms with E-state index >= 15 is 0 Å². The number of aromatic nitrogens is 2. The van der Waals surface area contributed by atoms with Crippen molar-refractivity contribution in [3.8, 4) is 11.4 Å². The van der Waals surface area contributed by atoms with Crippen LogP contribution in [0, 0.1) is 0 Å². The van der Waals surface area contributed by atoms with Crippen LogP contribution >= 0.6 is 11.6 Å². The molecular weight excluding hydrogens is 238 g/mol. The second kappa shape index (κ2) is 4.77. The molecule has 5 heteroatoms. The number of aliphatic hydroxyl groups excluding tert-OH is 1. The number of aromatic amines is 1. The highest BCUT2D eigenvalue weighted by atomic mass is 35.5. The van der Waals surface area contributed by atoms with E-state index in [1.807, 2.05) is 43.3 Å². The van der Waals surface area contributed by atoms with Gasteiger partial charge in [0.2, 0.25) is 0 Å². The molecule has 2 aromatic rings. The fraction of sp³-hybridized carbons (Fsp3) is 0.250. The molecule has 0 spiro atoms. The first-order chi connectivity index (χ1) is 8.11. The van der Waals surface area contributed by atoms with E-state index in [4.69, 9.17) is 16.7 Å². The van der Waals surface area contributed by atoms with E-state index in [0.29, 0.717) is 16.7 Å². The molecule has 0 amide bonds. The Bertz CT molecular complexity index is 505. The van der Waals surface area contributed by atoms with E-state index in [1.165, 1.54) is 0 Å². The Hall–Kier alpha value is -1.52. The number of imidazole rings is 1. The minimum Gasteiger partial charge on any atom is -0.390 e. The molecule has 0 radical (unpaired) electrons. The lowest BCUT2D eigenvalue weighted by molar-refractivity contribution is 0.277. The average Bonchev–Trinajstić information content (AvgIpc) is 2.70. The van der Waals surface area contributed by atoms with Crippen LogP contribution in [0.25, 0.3) is 11.4 Å². The van der Waals surface area contributed by atoms with Gasteiger partial charge in [-0.25, -0.2) is 4.98 Å². The summed E-state index contributed by atoms with van der Waals surface area (Å²) in [5.41, 5.74) is 2.60. The number of anilines is 1. The van der Waals surface area contributed by atoms with Crippen molar-refractivity contribution in [3.63, 3.8) is 0 Å². The fourth-order valence-corrected chi connectivity index (χ4v) is 1.74. The van der Waals surface area contributed by atoms with E-state index in [2.05, 4.69) is 9.97 Å². The van der Waals surface area contributed by atoms with Gasteiger partial charge in [-0.05, 0) is 24.3 Å². The maximum Gasteiger partial charge on any atom is 0.153 e. The molecule has 1 aromatic carbocycles. The third-order valence-corrected chi connectivity index (χ3v) is 2.86. The topological polar surface area (TPSA) is 52.1 Å². The fourth-order valence-electron chi connectivity index (χ4n) is 1.55. The third-order valence-electron chi connectivity index (χ3n) is 2.54. The molecule has 4 nitrogen and oxygen atoms in total. The molecule has 1 heterocycles. The average molecular weight is 252 g/mol. The third kappa shape index (κ3) is 2.43. The molecule has 2 rings (SSSR count). The molecule has 17 heavy (non-hydrogen) atoms. The molecule has 0 fully saturated rings. The Morgan fingerprint density at radius 2 is 1.94 bits per heavy atom. The molecular formula is C12H14ClN3O. The molecule has 90 valence electrons. The van der Waals surface area contributed by atoms with E-state index < -0.39 is 0 Å². The number of nitrogens with zero attached hydrogens (tertiary/aromatic N) is 2. The molecule has 0 aliphatic heterocycles. The Morgan fingerprint density at radius 1 is 1.29 bits per heavy atom. The quantitative estimate of drug-likeness (QED) is 0.880. The molecule has 0 aliphatic rings. The summed E-state index contributed by atoms with van der Waals surface area (Å²) < 4.78 is 0. The maximum atomic E-state index is 9.03. The molecule has 0 saturated heterocycles. The SMILES string of the molecule is CN(C)c1ccc(-c2nc(Cl)c(CO)[nH]2)cc1. The lowest BCUT2D eigenvalue weighted by atomic mass is 10.2. The van der Waals surface area contributed by atoms with Crippen LogP contribution < -0.4 is 4.90 Å². The molecule has 2 N–H and O–H groups in total. The van der Waals surface area contributed by atoms with Crippen LogP contribution in [0.1, 0.15) is 5.69 Å². The zero-order valence-corrected chi connectivity index (χ0v) is 10.5. The molecule has 0 unspecified atom stereocenters. The molecule has 0 saturated carbocycles. The van der Waals surface area contributed by atoms with Gasteiger partial charge in [0.25, 0.3) is 0 Å². The van der Waals surface area contributed by atoms with Crippen LogP contribution in [-0.2, 0) is 6.61 Å². The van der Waals surface area contributed by atoms with Gasteiger partial charge in [-0.15, -0.1) is 0 Å². The van der Waals surface area contributed by atoms with Gasteiger partial charge in [-0.2, -0.15) is 0 Å². The van der Waals surface area contributed by atoms with Crippen LogP contribution in [0.5, 0.6) is 0 Å². The van der Waals surface area contributed by atoms with E-state index in [1.54, 1.807) is 0 Å². The van der Waals surface area contributed by atoms with Gasteiger partial charge in [-0.3, -0.25) is 0 Å². The Balaban J connectivity index is 2.33. The smallest absolute Gasteiger partial charge is 0.153 e. The monoisotopic (exact) mass is 251 g/mol. The van der Waals surface area contributed by atoms with Crippen molar-refractivity contribution < 1.29 is 5.11 Å². The first-order valence-corrected chi connectivity index (χ1v) is 5.62. The first-order valence-electron chi connectivity index (χ1n) is 5.25. The highest BCUT2D eigenvalue weighted by molar-refractivity contribution is 6.30. The van der Waals surface area contributed by atoms with Gasteiger partial charge in [0, 0.05) is 25.3 Å². The summed E-state index contributed by atoms with van der Waals surface area (Å²) in [6.45, 7) is -0.137. The van der Waals surface area contributed by atoms with Gasteiger partial charge >= 0.3 is 0 Å². The largest absolute Gasteiger partial charge is 0.390 e. The summed E-state index contributed by atoms with van der Waals surface area (Å²) in [5, 5.41) is 9.35. The van der Waals surface area contributed by atoms with E-state index in [9.17, 15) is 0 Å². The van der Waals surface area contributed by atoms with Gasteiger partial charge in [0.15, 0.2) is 5.15 Å². The zero-order valence-electron chi connectivity index (χ0n) is 9.74. The zero-order chi connectivity index (χ0) is 12.4. The lowest BCUT2D eigenvalue weighted by Crippen LogP contribution is -2.07. The second-order valence-corrected chi connectivity index (χ2v) is 4.31. The number of benzene rings is 1. The minimum atomic E-state index is -0.137. The van der Waals surface area contributed by atoms with Crippen molar-refractivity contribution >= 4 is 17.3 Å². The van der Waals surface area contributed by atoms with Crippen molar-refractivity contribution in [1.82, 2.24) is 9.97 Å². The van der Waals surface area contributed by atoms with Crippen LogP contribution in [-0.4, -0.2) is 29.2 Å². The summed E-state index contributed by atoms with van der Waals surface area (Å²) >= 11 is 5.87. The Kier molecular flexibility index (Phi) is 3.36. The van der Waals surface area contributed by atoms with Crippen molar-refractivity contribution in [2.45, 2.75) is 6.61 Å². The lowest BCUT2D eigenvalue weighted by Gasteiger charge is -2.12. The summed E-state index contributed by atoms with van der Waals surface area (Å²) in [5.74, 6) is 0.671. The molecule has 0 atom stereocenters. The van der Waals surface area contributed by atoms with Gasteiger partial charge in [-0.1, -0.05) is 11.6 Å². The molecule has 1 aromatic heterocycles. The van der Waals surface area contributed by atoms with E-state index in [-0.39, 0.29) is 6.61 Å². The predicted octanol–water partition coefficient (Wildman–Crippen LogP) is 2.29. The number of aliphatic hydroxyl groups is 1. The number of hydrogen-bond acceptors (Lipinski definition) is 3. The second-order valence-electron chi connectivity index (χ2n) is 3.95. The number of H-pyrrole nitrogens is 1. The van der Waals surface area contributed by atoms with E-state index in [0.717, 1.165) is 11.3 Å². The number of rotatable bonds is 3. The summed E-state index contributed by atoms with van der Waals surface area (Å²) in [6, 6.07) is 7.94. The summed E-state index contributed by atoms with van der Waals surface area (Å²) in [6.07, 6.45) is 0.